The van der Waals surface area contributed by atoms with Crippen LogP contribution in [0.3, 0.4) is 0 Å². The van der Waals surface area contributed by atoms with Gasteiger partial charge in [-0.15, -0.1) is 5.10 Å². The lowest BCUT2D eigenvalue weighted by Gasteiger charge is -2.06. The van der Waals surface area contributed by atoms with Crippen LogP contribution in [-0.2, 0) is 0 Å². The van der Waals surface area contributed by atoms with E-state index in [0.717, 1.165) is 11.3 Å². The number of hydrogen-bond donors (Lipinski definition) is 2. The summed E-state index contributed by atoms with van der Waals surface area (Å²) in [5.41, 5.74) is 8.00. The summed E-state index contributed by atoms with van der Waals surface area (Å²) in [6.45, 7) is 3.79. The number of nitrogens with zero attached hydrogens (tertiary/aromatic N) is 5. The van der Waals surface area contributed by atoms with Gasteiger partial charge in [-0.25, -0.2) is 14.6 Å². The molecular formula is C15H15N7O. The van der Waals surface area contributed by atoms with Gasteiger partial charge in [-0.05, 0) is 32.0 Å². The SMILES string of the molecule is Cc1ccc(-n2nnc(C(=O)NNc3ncccn3)c2C)cc1. The van der Waals surface area contributed by atoms with Crippen LogP contribution < -0.4 is 10.9 Å². The van der Waals surface area contributed by atoms with Crippen LogP contribution in [-0.4, -0.2) is 30.9 Å². The summed E-state index contributed by atoms with van der Waals surface area (Å²) >= 11 is 0. The predicted octanol–water partition coefficient (Wildman–Crippen LogP) is 1.43. The van der Waals surface area contributed by atoms with Crippen molar-refractivity contribution in [2.24, 2.45) is 0 Å². The molecule has 3 rings (SSSR count). The molecule has 0 aliphatic rings. The summed E-state index contributed by atoms with van der Waals surface area (Å²) in [6.07, 6.45) is 3.14. The zero-order valence-electron chi connectivity index (χ0n) is 12.7. The third-order valence-electron chi connectivity index (χ3n) is 3.24. The van der Waals surface area contributed by atoms with E-state index in [-0.39, 0.29) is 5.69 Å². The van der Waals surface area contributed by atoms with Gasteiger partial charge in [-0.3, -0.25) is 15.6 Å². The Labute approximate surface area is 132 Å². The van der Waals surface area contributed by atoms with Gasteiger partial charge in [0.15, 0.2) is 5.69 Å². The summed E-state index contributed by atoms with van der Waals surface area (Å²) in [5.74, 6) is -0.113. The van der Waals surface area contributed by atoms with Gasteiger partial charge in [0.25, 0.3) is 5.91 Å². The van der Waals surface area contributed by atoms with Gasteiger partial charge < -0.3 is 0 Å². The first-order chi connectivity index (χ1) is 11.1. The van der Waals surface area contributed by atoms with E-state index in [1.807, 2.05) is 31.2 Å². The van der Waals surface area contributed by atoms with Crippen molar-refractivity contribution in [3.8, 4) is 5.69 Å². The number of carbonyl (C=O) groups excluding carboxylic acids is 1. The topological polar surface area (TPSA) is 97.6 Å². The van der Waals surface area contributed by atoms with Crippen LogP contribution in [0, 0.1) is 13.8 Å². The number of amides is 1. The van der Waals surface area contributed by atoms with Crippen LogP contribution in [0.25, 0.3) is 5.69 Å². The number of rotatable bonds is 4. The molecule has 0 saturated heterocycles. The fraction of sp³-hybridized carbons (Fsp3) is 0.133. The second-order valence-electron chi connectivity index (χ2n) is 4.92. The lowest BCUT2D eigenvalue weighted by atomic mass is 10.2. The highest BCUT2D eigenvalue weighted by molar-refractivity contribution is 5.93. The molecule has 0 unspecified atom stereocenters. The standard InChI is InChI=1S/C15H15N7O/c1-10-4-6-12(7-5-10)22-11(2)13(18-21-22)14(23)19-20-15-16-8-3-9-17-15/h3-9H,1-2H3,(H,19,23)(H,16,17,20). The molecule has 0 radical (unpaired) electrons. The Morgan fingerprint density at radius 2 is 1.78 bits per heavy atom. The van der Waals surface area contributed by atoms with Gasteiger partial charge in [0.1, 0.15) is 0 Å². The van der Waals surface area contributed by atoms with Gasteiger partial charge in [0.2, 0.25) is 5.95 Å². The molecule has 1 aromatic carbocycles. The fourth-order valence-corrected chi connectivity index (χ4v) is 2.01. The molecule has 2 heterocycles. The second kappa shape index (κ2) is 6.22. The monoisotopic (exact) mass is 309 g/mol. The normalized spacial score (nSPS) is 10.3. The maximum absolute atomic E-state index is 12.2. The molecule has 0 aliphatic carbocycles. The minimum atomic E-state index is -0.409. The first kappa shape index (κ1) is 14.6. The molecule has 0 bridgehead atoms. The molecule has 2 aromatic heterocycles. The van der Waals surface area contributed by atoms with E-state index < -0.39 is 5.91 Å². The Morgan fingerprint density at radius 3 is 2.48 bits per heavy atom. The number of aromatic nitrogens is 5. The number of hydrogen-bond acceptors (Lipinski definition) is 6. The number of hydrazine groups is 1. The third kappa shape index (κ3) is 3.15. The molecule has 8 nitrogen and oxygen atoms in total. The van der Waals surface area contributed by atoms with Crippen LogP contribution in [0.1, 0.15) is 21.7 Å². The van der Waals surface area contributed by atoms with Crippen LogP contribution in [0.4, 0.5) is 5.95 Å². The fourth-order valence-electron chi connectivity index (χ4n) is 2.01. The number of aryl methyl sites for hydroxylation is 1. The third-order valence-corrected chi connectivity index (χ3v) is 3.24. The quantitative estimate of drug-likeness (QED) is 0.708. The van der Waals surface area contributed by atoms with Crippen molar-refractivity contribution in [3.63, 3.8) is 0 Å². The van der Waals surface area contributed by atoms with Crippen molar-refractivity contribution >= 4 is 11.9 Å². The van der Waals surface area contributed by atoms with E-state index in [1.54, 1.807) is 30.1 Å². The lowest BCUT2D eigenvalue weighted by Crippen LogP contribution is -2.31. The highest BCUT2D eigenvalue weighted by Crippen LogP contribution is 2.13. The molecule has 0 atom stereocenters. The number of benzene rings is 1. The number of nitrogens with one attached hydrogen (secondary N) is 2. The van der Waals surface area contributed by atoms with E-state index in [4.69, 9.17) is 0 Å². The summed E-state index contributed by atoms with van der Waals surface area (Å²) in [6, 6.07) is 9.49. The summed E-state index contributed by atoms with van der Waals surface area (Å²) < 4.78 is 1.62. The molecule has 2 N–H and O–H groups in total. The second-order valence-corrected chi connectivity index (χ2v) is 4.92. The van der Waals surface area contributed by atoms with Crippen molar-refractivity contribution in [1.82, 2.24) is 30.4 Å². The van der Waals surface area contributed by atoms with E-state index in [2.05, 4.69) is 31.1 Å². The lowest BCUT2D eigenvalue weighted by molar-refractivity contribution is 0.0956. The molecule has 0 aliphatic heterocycles. The molecule has 3 aromatic rings. The Kier molecular flexibility index (Phi) is 3.96. The highest BCUT2D eigenvalue weighted by atomic mass is 16.2. The Balaban J connectivity index is 1.76. The highest BCUT2D eigenvalue weighted by Gasteiger charge is 2.17. The van der Waals surface area contributed by atoms with Crippen LogP contribution in [0.2, 0.25) is 0 Å². The van der Waals surface area contributed by atoms with Crippen molar-refractivity contribution in [2.75, 3.05) is 5.43 Å². The van der Waals surface area contributed by atoms with Gasteiger partial charge in [0.05, 0.1) is 11.4 Å². The minimum Gasteiger partial charge on any atom is -0.265 e. The zero-order chi connectivity index (χ0) is 16.2. The zero-order valence-corrected chi connectivity index (χ0v) is 12.7. The van der Waals surface area contributed by atoms with Crippen LogP contribution in [0.5, 0.6) is 0 Å². The number of carbonyl (C=O) groups is 1. The van der Waals surface area contributed by atoms with E-state index in [0.29, 0.717) is 11.6 Å². The van der Waals surface area contributed by atoms with E-state index >= 15 is 0 Å². The van der Waals surface area contributed by atoms with Crippen molar-refractivity contribution in [2.45, 2.75) is 13.8 Å². The Morgan fingerprint density at radius 1 is 1.09 bits per heavy atom. The Bertz CT molecular complexity index is 812. The van der Waals surface area contributed by atoms with Crippen molar-refractivity contribution < 1.29 is 4.79 Å². The number of anilines is 1. The maximum Gasteiger partial charge on any atom is 0.292 e. The smallest absolute Gasteiger partial charge is 0.265 e. The maximum atomic E-state index is 12.2. The van der Waals surface area contributed by atoms with Gasteiger partial charge in [0, 0.05) is 12.4 Å². The van der Waals surface area contributed by atoms with Gasteiger partial charge in [-0.1, -0.05) is 22.9 Å². The van der Waals surface area contributed by atoms with Gasteiger partial charge in [-0.2, -0.15) is 0 Å². The molecular weight excluding hydrogens is 294 g/mol. The van der Waals surface area contributed by atoms with Crippen molar-refractivity contribution in [1.29, 1.82) is 0 Å². The largest absolute Gasteiger partial charge is 0.292 e. The van der Waals surface area contributed by atoms with Crippen molar-refractivity contribution in [3.05, 3.63) is 59.7 Å². The van der Waals surface area contributed by atoms with Crippen LogP contribution >= 0.6 is 0 Å². The summed E-state index contributed by atoms with van der Waals surface area (Å²) in [5, 5.41) is 7.99. The predicted molar refractivity (Wildman–Crippen MR) is 84.0 cm³/mol. The summed E-state index contributed by atoms with van der Waals surface area (Å²) in [7, 11) is 0. The minimum absolute atomic E-state index is 0.231. The molecule has 0 spiro atoms. The summed E-state index contributed by atoms with van der Waals surface area (Å²) in [4.78, 5) is 20.1. The van der Waals surface area contributed by atoms with Crippen LogP contribution in [0.15, 0.2) is 42.7 Å². The molecule has 116 valence electrons. The molecule has 8 heteroatoms. The first-order valence-electron chi connectivity index (χ1n) is 6.98. The molecule has 0 saturated carbocycles. The van der Waals surface area contributed by atoms with E-state index in [9.17, 15) is 4.79 Å². The Hall–Kier alpha value is -3.29. The van der Waals surface area contributed by atoms with Gasteiger partial charge >= 0.3 is 0 Å². The van der Waals surface area contributed by atoms with E-state index in [1.165, 1.54) is 0 Å². The molecule has 23 heavy (non-hydrogen) atoms. The average molecular weight is 309 g/mol. The first-order valence-corrected chi connectivity index (χ1v) is 6.98. The molecule has 1 amide bonds. The average Bonchev–Trinajstić information content (AvgIpc) is 2.96. The molecule has 0 fully saturated rings.